The summed E-state index contributed by atoms with van der Waals surface area (Å²) < 4.78 is 33.1. The number of hydrogen-bond acceptors (Lipinski definition) is 5. The predicted molar refractivity (Wildman–Crippen MR) is 117 cm³/mol. The molecule has 0 saturated heterocycles. The van der Waals surface area contributed by atoms with Gasteiger partial charge in [0.2, 0.25) is 0 Å². The van der Waals surface area contributed by atoms with Crippen LogP contribution < -0.4 is 10.1 Å². The van der Waals surface area contributed by atoms with Crippen molar-refractivity contribution in [1.82, 2.24) is 4.31 Å². The van der Waals surface area contributed by atoms with Gasteiger partial charge in [-0.2, -0.15) is 4.31 Å². The number of benzene rings is 2. The van der Waals surface area contributed by atoms with E-state index in [1.165, 1.54) is 15.6 Å². The molecule has 1 amide bonds. The van der Waals surface area contributed by atoms with Gasteiger partial charge in [-0.25, -0.2) is 8.42 Å². The summed E-state index contributed by atoms with van der Waals surface area (Å²) in [6, 6.07) is 16.5. The zero-order chi connectivity index (χ0) is 21.1. The minimum Gasteiger partial charge on any atom is -0.483 e. The third-order valence-electron chi connectivity index (χ3n) is 5.01. The highest BCUT2D eigenvalue weighted by Crippen LogP contribution is 2.28. The van der Waals surface area contributed by atoms with Gasteiger partial charge in [0.15, 0.2) is 6.61 Å². The molecule has 0 fully saturated rings. The Hall–Kier alpha value is -2.68. The number of sulfonamides is 1. The number of carbonyl (C=O) groups is 1. The second-order valence-corrected chi connectivity index (χ2v) is 10.2. The van der Waals surface area contributed by atoms with Crippen LogP contribution in [0.3, 0.4) is 0 Å². The molecule has 1 aromatic heterocycles. The number of thiophene rings is 1. The Morgan fingerprint density at radius 2 is 1.97 bits per heavy atom. The third kappa shape index (κ3) is 4.40. The van der Waals surface area contributed by atoms with Gasteiger partial charge in [-0.3, -0.25) is 4.79 Å². The average molecular weight is 443 g/mol. The van der Waals surface area contributed by atoms with Crippen molar-refractivity contribution in [1.29, 1.82) is 0 Å². The maximum absolute atomic E-state index is 12.8. The molecule has 0 saturated carbocycles. The molecule has 0 radical (unpaired) electrons. The highest BCUT2D eigenvalue weighted by molar-refractivity contribution is 7.91. The van der Waals surface area contributed by atoms with Crippen molar-refractivity contribution >= 4 is 33.0 Å². The third-order valence-corrected chi connectivity index (χ3v) is 8.23. The first-order valence-electron chi connectivity index (χ1n) is 9.57. The molecule has 30 heavy (non-hydrogen) atoms. The van der Waals surface area contributed by atoms with E-state index in [0.29, 0.717) is 35.2 Å². The number of para-hydroxylation sites is 1. The zero-order valence-corrected chi connectivity index (χ0v) is 18.1. The fourth-order valence-electron chi connectivity index (χ4n) is 3.41. The van der Waals surface area contributed by atoms with Crippen LogP contribution in [0.1, 0.15) is 16.7 Å². The Bertz CT molecular complexity index is 1160. The number of aryl methyl sites for hydroxylation is 1. The number of carbonyl (C=O) groups excluding carboxylic acids is 1. The van der Waals surface area contributed by atoms with E-state index < -0.39 is 10.0 Å². The molecule has 3 aromatic rings. The van der Waals surface area contributed by atoms with Crippen LogP contribution in [-0.2, 0) is 27.8 Å². The van der Waals surface area contributed by atoms with Crippen LogP contribution >= 0.6 is 11.3 Å². The van der Waals surface area contributed by atoms with Crippen molar-refractivity contribution in [3.05, 3.63) is 76.7 Å². The summed E-state index contributed by atoms with van der Waals surface area (Å²) >= 11 is 1.22. The summed E-state index contributed by atoms with van der Waals surface area (Å²) in [5.41, 5.74) is 3.59. The number of nitrogens with one attached hydrogen (secondary N) is 1. The molecule has 2 heterocycles. The summed E-state index contributed by atoms with van der Waals surface area (Å²) in [5, 5.41) is 4.59. The summed E-state index contributed by atoms with van der Waals surface area (Å²) in [7, 11) is -3.50. The van der Waals surface area contributed by atoms with Gasteiger partial charge in [0.05, 0.1) is 0 Å². The Morgan fingerprint density at radius 3 is 2.73 bits per heavy atom. The molecule has 6 nitrogen and oxygen atoms in total. The SMILES string of the molecule is Cc1ccccc1OCC(=O)Nc1ccc2c(c1)CN(S(=O)(=O)c1cccs1)CC2. The number of amides is 1. The van der Waals surface area contributed by atoms with Crippen molar-refractivity contribution in [2.75, 3.05) is 18.5 Å². The molecule has 0 bridgehead atoms. The second kappa shape index (κ2) is 8.59. The average Bonchev–Trinajstić information content (AvgIpc) is 3.28. The standard InChI is InChI=1S/C22H22N2O4S2/c1-16-5-2-3-6-20(16)28-15-21(25)23-19-9-8-17-10-11-24(14-18(17)13-19)30(26,27)22-7-4-12-29-22/h2-9,12-13H,10-11,14-15H2,1H3,(H,23,25). The van der Waals surface area contributed by atoms with Gasteiger partial charge in [-0.05, 0) is 59.7 Å². The van der Waals surface area contributed by atoms with Crippen LogP contribution in [0.5, 0.6) is 5.75 Å². The van der Waals surface area contributed by atoms with Gasteiger partial charge in [0.1, 0.15) is 9.96 Å². The molecule has 8 heteroatoms. The van der Waals surface area contributed by atoms with Crippen LogP contribution in [0.15, 0.2) is 64.2 Å². The minimum atomic E-state index is -3.50. The van der Waals surface area contributed by atoms with Crippen LogP contribution in [0.4, 0.5) is 5.69 Å². The van der Waals surface area contributed by atoms with Gasteiger partial charge in [-0.15, -0.1) is 11.3 Å². The summed E-state index contributed by atoms with van der Waals surface area (Å²) in [6.07, 6.45) is 0.643. The van der Waals surface area contributed by atoms with E-state index in [9.17, 15) is 13.2 Å². The molecule has 1 aliphatic rings. The molecular formula is C22H22N2O4S2. The molecule has 1 aliphatic heterocycles. The first-order chi connectivity index (χ1) is 14.4. The van der Waals surface area contributed by atoms with Gasteiger partial charge >= 0.3 is 0 Å². The van der Waals surface area contributed by atoms with E-state index in [0.717, 1.165) is 16.7 Å². The summed E-state index contributed by atoms with van der Waals surface area (Å²) in [6.45, 7) is 2.57. The minimum absolute atomic E-state index is 0.0964. The highest BCUT2D eigenvalue weighted by Gasteiger charge is 2.29. The van der Waals surface area contributed by atoms with Gasteiger partial charge in [-0.1, -0.05) is 30.3 Å². The molecule has 2 aromatic carbocycles. The Balaban J connectivity index is 1.43. The maximum Gasteiger partial charge on any atom is 0.262 e. The lowest BCUT2D eigenvalue weighted by molar-refractivity contribution is -0.118. The molecule has 0 spiro atoms. The fraction of sp³-hybridized carbons (Fsp3) is 0.227. The molecule has 0 unspecified atom stereocenters. The number of hydrogen-bond donors (Lipinski definition) is 1. The highest BCUT2D eigenvalue weighted by atomic mass is 32.2. The van der Waals surface area contributed by atoms with Crippen LogP contribution in [0.2, 0.25) is 0 Å². The monoisotopic (exact) mass is 442 g/mol. The van der Waals surface area contributed by atoms with E-state index in [-0.39, 0.29) is 12.5 Å². The predicted octanol–water partition coefficient (Wildman–Crippen LogP) is 3.82. The number of ether oxygens (including phenoxy) is 1. The van der Waals surface area contributed by atoms with Crippen molar-refractivity contribution < 1.29 is 17.9 Å². The maximum atomic E-state index is 12.8. The number of anilines is 1. The van der Waals surface area contributed by atoms with Crippen LogP contribution in [0.25, 0.3) is 0 Å². The topological polar surface area (TPSA) is 75.7 Å². The van der Waals surface area contributed by atoms with E-state index in [1.807, 2.05) is 49.4 Å². The van der Waals surface area contributed by atoms with Gasteiger partial charge in [0.25, 0.3) is 15.9 Å². The molecule has 0 atom stereocenters. The second-order valence-electron chi connectivity index (χ2n) is 7.11. The Kier molecular flexibility index (Phi) is 5.90. The summed E-state index contributed by atoms with van der Waals surface area (Å²) in [5.74, 6) is 0.407. The van der Waals surface area contributed by atoms with Crippen molar-refractivity contribution in [3.63, 3.8) is 0 Å². The largest absolute Gasteiger partial charge is 0.483 e. The Labute approximate surface area is 180 Å². The molecular weight excluding hydrogens is 420 g/mol. The lowest BCUT2D eigenvalue weighted by Gasteiger charge is -2.28. The van der Waals surface area contributed by atoms with E-state index in [4.69, 9.17) is 4.74 Å². The normalized spacial score (nSPS) is 14.2. The van der Waals surface area contributed by atoms with Crippen LogP contribution in [0, 0.1) is 6.92 Å². The lowest BCUT2D eigenvalue weighted by Crippen LogP contribution is -2.35. The molecule has 156 valence electrons. The van der Waals surface area contributed by atoms with Crippen molar-refractivity contribution in [2.45, 2.75) is 24.1 Å². The quantitative estimate of drug-likeness (QED) is 0.630. The van der Waals surface area contributed by atoms with Crippen molar-refractivity contribution in [3.8, 4) is 5.75 Å². The molecule has 4 rings (SSSR count). The molecule has 1 N–H and O–H groups in total. The number of fused-ring (bicyclic) bond motifs is 1. The number of nitrogens with zero attached hydrogens (tertiary/aromatic N) is 1. The summed E-state index contributed by atoms with van der Waals surface area (Å²) in [4.78, 5) is 12.3. The molecule has 0 aliphatic carbocycles. The van der Waals surface area contributed by atoms with Gasteiger partial charge in [0, 0.05) is 18.8 Å². The van der Waals surface area contributed by atoms with E-state index in [1.54, 1.807) is 17.5 Å². The Morgan fingerprint density at radius 1 is 1.13 bits per heavy atom. The first-order valence-corrected chi connectivity index (χ1v) is 11.9. The van der Waals surface area contributed by atoms with Crippen molar-refractivity contribution in [2.24, 2.45) is 0 Å². The van der Waals surface area contributed by atoms with E-state index in [2.05, 4.69) is 5.32 Å². The fourth-order valence-corrected chi connectivity index (χ4v) is 5.97. The van der Waals surface area contributed by atoms with E-state index >= 15 is 0 Å². The first kappa shape index (κ1) is 20.6. The number of rotatable bonds is 6. The van der Waals surface area contributed by atoms with Crippen LogP contribution in [-0.4, -0.2) is 31.8 Å². The van der Waals surface area contributed by atoms with Gasteiger partial charge < -0.3 is 10.1 Å². The zero-order valence-electron chi connectivity index (χ0n) is 16.5. The smallest absolute Gasteiger partial charge is 0.262 e. The lowest BCUT2D eigenvalue weighted by atomic mass is 10.0.